The zero-order valence-electron chi connectivity index (χ0n) is 24.6. The second-order valence-corrected chi connectivity index (χ2v) is 11.1. The molecule has 0 aliphatic heterocycles. The van der Waals surface area contributed by atoms with Gasteiger partial charge in [0.15, 0.2) is 0 Å². The summed E-state index contributed by atoms with van der Waals surface area (Å²) >= 11 is 0. The fourth-order valence-electron chi connectivity index (χ4n) is 4.36. The number of nitrogens with zero attached hydrogens (tertiary/aromatic N) is 1. The van der Waals surface area contributed by atoms with Crippen LogP contribution in [0.4, 0.5) is 10.5 Å². The van der Waals surface area contributed by atoms with Crippen molar-refractivity contribution in [2.75, 3.05) is 11.9 Å². The minimum Gasteiger partial charge on any atom is -0.508 e. The van der Waals surface area contributed by atoms with E-state index in [1.165, 1.54) is 17.0 Å². The molecule has 0 fully saturated rings. The molecule has 0 heterocycles. The van der Waals surface area contributed by atoms with E-state index in [0.717, 1.165) is 17.5 Å². The molecule has 3 atom stereocenters. The second-order valence-electron chi connectivity index (χ2n) is 11.1. The Balaban J connectivity index is 2.59. The average Bonchev–Trinajstić information content (AvgIpc) is 2.85. The third kappa shape index (κ3) is 9.01. The van der Waals surface area contributed by atoms with Gasteiger partial charge in [-0.1, -0.05) is 63.9 Å². The van der Waals surface area contributed by atoms with E-state index in [4.69, 9.17) is 4.74 Å². The monoisotopic (exact) mass is 539 g/mol. The molecule has 3 N–H and O–H groups in total. The summed E-state index contributed by atoms with van der Waals surface area (Å²) in [6.45, 7) is 15.2. The minimum atomic E-state index is -1.04. The summed E-state index contributed by atoms with van der Waals surface area (Å²) in [4.78, 5) is 42.5. The van der Waals surface area contributed by atoms with Gasteiger partial charge in [0.25, 0.3) is 5.91 Å². The van der Waals surface area contributed by atoms with E-state index in [9.17, 15) is 19.5 Å². The van der Waals surface area contributed by atoms with Crippen LogP contribution in [0.2, 0.25) is 0 Å². The van der Waals surface area contributed by atoms with Crippen molar-refractivity contribution in [1.29, 1.82) is 0 Å². The number of anilines is 1. The van der Waals surface area contributed by atoms with Crippen LogP contribution in [0.3, 0.4) is 0 Å². The van der Waals surface area contributed by atoms with Crippen molar-refractivity contribution in [1.82, 2.24) is 10.2 Å². The highest BCUT2D eigenvalue weighted by Crippen LogP contribution is 2.30. The first-order chi connectivity index (χ1) is 18.3. The lowest BCUT2D eigenvalue weighted by atomic mass is 9.95. The smallest absolute Gasteiger partial charge is 0.408 e. The van der Waals surface area contributed by atoms with Gasteiger partial charge in [-0.3, -0.25) is 9.59 Å². The van der Waals surface area contributed by atoms with Gasteiger partial charge in [-0.15, -0.1) is 0 Å². The van der Waals surface area contributed by atoms with Gasteiger partial charge in [0, 0.05) is 12.2 Å². The maximum Gasteiger partial charge on any atom is 0.408 e. The first kappa shape index (κ1) is 31.7. The number of carbonyl (C=O) groups excluding carboxylic acids is 3. The minimum absolute atomic E-state index is 0.00869. The number of aryl methyl sites for hydroxylation is 2. The number of hydrogen-bond donors (Lipinski definition) is 3. The van der Waals surface area contributed by atoms with E-state index >= 15 is 0 Å². The summed E-state index contributed by atoms with van der Waals surface area (Å²) in [7, 11) is 0. The molecule has 39 heavy (non-hydrogen) atoms. The zero-order valence-corrected chi connectivity index (χ0v) is 24.6. The van der Waals surface area contributed by atoms with Crippen LogP contribution in [0.5, 0.6) is 5.75 Å². The van der Waals surface area contributed by atoms with Crippen molar-refractivity contribution < 1.29 is 24.2 Å². The van der Waals surface area contributed by atoms with Crippen LogP contribution in [-0.2, 0) is 14.3 Å². The standard InChI is InChI=1S/C31H45N3O5/c1-9-11-18-34(29(37)26(20(3)10-2)33-30(38)39-31(6,7)8)27(23-16-13-17-24(35)19-23)28(36)32-25-21(4)14-12-15-22(25)5/h12-17,19-20,26-27,35H,9-11,18H2,1-8H3,(H,32,36)(H,33,38). The summed E-state index contributed by atoms with van der Waals surface area (Å²) in [5.74, 6) is -1.01. The molecule has 3 amide bonds. The van der Waals surface area contributed by atoms with Crippen molar-refractivity contribution in [3.05, 3.63) is 59.2 Å². The molecule has 214 valence electrons. The SMILES string of the molecule is CCCCN(C(=O)C(NC(=O)OC(C)(C)C)C(C)CC)C(C(=O)Nc1c(C)cccc1C)c1cccc(O)c1. The van der Waals surface area contributed by atoms with E-state index in [1.807, 2.05) is 52.8 Å². The van der Waals surface area contributed by atoms with Gasteiger partial charge in [0.2, 0.25) is 5.91 Å². The van der Waals surface area contributed by atoms with Gasteiger partial charge in [-0.25, -0.2) is 4.79 Å². The summed E-state index contributed by atoms with van der Waals surface area (Å²) in [6.07, 6.45) is 1.38. The number of alkyl carbamates (subject to hydrolysis) is 1. The van der Waals surface area contributed by atoms with Crippen LogP contribution in [-0.4, -0.2) is 46.1 Å². The van der Waals surface area contributed by atoms with Crippen LogP contribution in [0.25, 0.3) is 0 Å². The van der Waals surface area contributed by atoms with Crippen molar-refractivity contribution in [3.8, 4) is 5.75 Å². The number of phenols is 1. The highest BCUT2D eigenvalue weighted by molar-refractivity contribution is 6.00. The van der Waals surface area contributed by atoms with E-state index in [2.05, 4.69) is 10.6 Å². The van der Waals surface area contributed by atoms with Crippen molar-refractivity contribution in [2.24, 2.45) is 5.92 Å². The first-order valence-electron chi connectivity index (χ1n) is 13.7. The van der Waals surface area contributed by atoms with Crippen molar-refractivity contribution in [3.63, 3.8) is 0 Å². The molecule has 2 rings (SSSR count). The molecule has 0 aromatic heterocycles. The van der Waals surface area contributed by atoms with E-state index in [1.54, 1.807) is 32.9 Å². The Kier molecular flexibility index (Phi) is 11.4. The largest absolute Gasteiger partial charge is 0.508 e. The number of rotatable bonds is 11. The lowest BCUT2D eigenvalue weighted by molar-refractivity contribution is -0.142. The Labute approximate surface area is 233 Å². The molecule has 0 spiro atoms. The van der Waals surface area contributed by atoms with Gasteiger partial charge in [0.05, 0.1) is 0 Å². The fraction of sp³-hybridized carbons (Fsp3) is 0.516. The number of benzene rings is 2. The predicted molar refractivity (Wildman–Crippen MR) is 155 cm³/mol. The van der Waals surface area contributed by atoms with Gasteiger partial charge in [-0.2, -0.15) is 0 Å². The number of para-hydroxylation sites is 1. The lowest BCUT2D eigenvalue weighted by Gasteiger charge is -2.36. The van der Waals surface area contributed by atoms with Gasteiger partial charge < -0.3 is 25.4 Å². The Morgan fingerprint density at radius 3 is 2.18 bits per heavy atom. The van der Waals surface area contributed by atoms with Crippen molar-refractivity contribution in [2.45, 2.75) is 92.3 Å². The lowest BCUT2D eigenvalue weighted by Crippen LogP contribution is -2.55. The topological polar surface area (TPSA) is 108 Å². The molecule has 2 aromatic carbocycles. The van der Waals surface area contributed by atoms with Crippen LogP contribution in [0, 0.1) is 19.8 Å². The molecule has 8 heteroatoms. The maximum absolute atomic E-state index is 14.3. The number of nitrogens with one attached hydrogen (secondary N) is 2. The van der Waals surface area contributed by atoms with Crippen molar-refractivity contribution >= 4 is 23.6 Å². The number of ether oxygens (including phenoxy) is 1. The Morgan fingerprint density at radius 1 is 1.03 bits per heavy atom. The molecule has 2 aromatic rings. The number of hydrogen-bond acceptors (Lipinski definition) is 5. The third-order valence-corrected chi connectivity index (χ3v) is 6.66. The average molecular weight is 540 g/mol. The van der Waals surface area contributed by atoms with E-state index in [-0.39, 0.29) is 17.6 Å². The second kappa shape index (κ2) is 14.0. The van der Waals surface area contributed by atoms with Gasteiger partial charge in [0.1, 0.15) is 23.4 Å². The summed E-state index contributed by atoms with van der Waals surface area (Å²) in [6, 6.07) is 10.2. The maximum atomic E-state index is 14.3. The quantitative estimate of drug-likeness (QED) is 0.312. The summed E-state index contributed by atoms with van der Waals surface area (Å²) < 4.78 is 5.45. The van der Waals surface area contributed by atoms with Crippen LogP contribution < -0.4 is 10.6 Å². The fourth-order valence-corrected chi connectivity index (χ4v) is 4.36. The number of amides is 3. The van der Waals surface area contributed by atoms with E-state index < -0.39 is 29.7 Å². The number of carbonyl (C=O) groups is 3. The molecule has 3 unspecified atom stereocenters. The van der Waals surface area contributed by atoms with Crippen LogP contribution >= 0.6 is 0 Å². The first-order valence-corrected chi connectivity index (χ1v) is 13.7. The molecule has 0 saturated heterocycles. The summed E-state index contributed by atoms with van der Waals surface area (Å²) in [5, 5.41) is 16.1. The molecule has 0 aliphatic carbocycles. The van der Waals surface area contributed by atoms with Gasteiger partial charge in [-0.05, 0) is 75.8 Å². The van der Waals surface area contributed by atoms with Crippen LogP contribution in [0.15, 0.2) is 42.5 Å². The molecule has 0 bridgehead atoms. The highest BCUT2D eigenvalue weighted by Gasteiger charge is 2.38. The predicted octanol–water partition coefficient (Wildman–Crippen LogP) is 6.26. The number of phenolic OH excluding ortho intramolecular Hbond substituents is 1. The molecule has 8 nitrogen and oxygen atoms in total. The van der Waals surface area contributed by atoms with Gasteiger partial charge >= 0.3 is 6.09 Å². The highest BCUT2D eigenvalue weighted by atomic mass is 16.6. The molecule has 0 radical (unpaired) electrons. The molecule has 0 aliphatic rings. The third-order valence-electron chi connectivity index (χ3n) is 6.66. The molecule has 0 saturated carbocycles. The van der Waals surface area contributed by atoms with E-state index in [0.29, 0.717) is 30.6 Å². The summed E-state index contributed by atoms with van der Waals surface area (Å²) in [5.41, 5.74) is 2.22. The van der Waals surface area contributed by atoms with Crippen LogP contribution in [0.1, 0.15) is 83.5 Å². The molecular weight excluding hydrogens is 494 g/mol. The normalized spacial score (nSPS) is 13.6. The number of aromatic hydroxyl groups is 1. The zero-order chi connectivity index (χ0) is 29.3. The Bertz CT molecular complexity index is 1120. The Morgan fingerprint density at radius 2 is 1.64 bits per heavy atom. The molecular formula is C31H45N3O5. The Hall–Kier alpha value is -3.55. The number of unbranched alkanes of at least 4 members (excludes halogenated alkanes) is 1.